The van der Waals surface area contributed by atoms with Crippen LogP contribution in [0.25, 0.3) is 0 Å². The number of esters is 1. The zero-order valence-electron chi connectivity index (χ0n) is 12.9. The van der Waals surface area contributed by atoms with Gasteiger partial charge in [-0.25, -0.2) is 0 Å². The Morgan fingerprint density at radius 2 is 2.04 bits per heavy atom. The van der Waals surface area contributed by atoms with Crippen molar-refractivity contribution in [2.45, 2.75) is 24.7 Å². The zero-order chi connectivity index (χ0) is 17.7. The van der Waals surface area contributed by atoms with E-state index < -0.39 is 35.6 Å². The number of ether oxygens (including phenoxy) is 1. The number of fused-ring (bicyclic) bond motifs is 2. The number of carbonyl (C=O) groups is 2. The molecule has 6 nitrogen and oxygen atoms in total. The molecule has 0 N–H and O–H groups in total. The largest absolute Gasteiger partial charge is 0.466 e. The summed E-state index contributed by atoms with van der Waals surface area (Å²) in [7, 11) is 1.43. The van der Waals surface area contributed by atoms with E-state index in [-0.39, 0.29) is 12.2 Å². The van der Waals surface area contributed by atoms with Crippen molar-refractivity contribution in [1.82, 2.24) is 0 Å². The first-order valence-electron chi connectivity index (χ1n) is 7.28. The molecular weight excluding hydrogens is 327 g/mol. The van der Waals surface area contributed by atoms with Crippen molar-refractivity contribution in [3.8, 4) is 0 Å². The molecule has 0 fully saturated rings. The molecule has 1 spiro atoms. The van der Waals surface area contributed by atoms with Gasteiger partial charge in [-0.1, -0.05) is 18.2 Å². The molecule has 1 aromatic rings. The van der Waals surface area contributed by atoms with E-state index in [9.17, 15) is 22.8 Å². The molecule has 3 atom stereocenters. The second kappa shape index (κ2) is 5.29. The molecule has 128 valence electrons. The third-order valence-electron chi connectivity index (χ3n) is 4.29. The maximum atomic E-state index is 13.4. The van der Waals surface area contributed by atoms with E-state index in [0.717, 1.165) is 0 Å². The predicted octanol–water partition coefficient (Wildman–Crippen LogP) is 2.43. The summed E-state index contributed by atoms with van der Waals surface area (Å²) in [6, 6.07) is 3.88. The van der Waals surface area contributed by atoms with Gasteiger partial charge in [-0.05, 0) is 13.0 Å². The summed E-state index contributed by atoms with van der Waals surface area (Å²) < 4.78 is 44.9. The molecule has 1 amide bonds. The van der Waals surface area contributed by atoms with Gasteiger partial charge in [0.2, 0.25) is 5.54 Å². The Hall–Kier alpha value is -2.45. The summed E-state index contributed by atoms with van der Waals surface area (Å²) >= 11 is 0. The van der Waals surface area contributed by atoms with E-state index in [4.69, 9.17) is 4.74 Å². The third kappa shape index (κ3) is 2.03. The lowest BCUT2D eigenvalue weighted by molar-refractivity contribution is -0.177. The van der Waals surface area contributed by atoms with Crippen LogP contribution in [0.3, 0.4) is 0 Å². The van der Waals surface area contributed by atoms with E-state index in [1.54, 1.807) is 18.2 Å². The highest BCUT2D eigenvalue weighted by molar-refractivity contribution is 6.10. The van der Waals surface area contributed by atoms with Crippen LogP contribution in [0.4, 0.5) is 18.9 Å². The van der Waals surface area contributed by atoms with Crippen molar-refractivity contribution in [3.63, 3.8) is 0 Å². The Morgan fingerprint density at radius 1 is 1.38 bits per heavy atom. The molecule has 0 aliphatic carbocycles. The minimum Gasteiger partial charge on any atom is -0.466 e. The molecule has 0 saturated carbocycles. The van der Waals surface area contributed by atoms with Crippen molar-refractivity contribution in [2.24, 2.45) is 16.1 Å². The first-order chi connectivity index (χ1) is 11.2. The molecule has 0 unspecified atom stereocenters. The molecule has 2 aliphatic rings. The maximum Gasteiger partial charge on any atom is 0.413 e. The summed E-state index contributed by atoms with van der Waals surface area (Å²) in [5.41, 5.74) is -1.40. The monoisotopic (exact) mass is 341 g/mol. The zero-order valence-corrected chi connectivity index (χ0v) is 12.9. The number of amides is 1. The number of nitrogens with zero attached hydrogens (tertiary/aromatic N) is 3. The number of halogens is 3. The van der Waals surface area contributed by atoms with Crippen LogP contribution in [0.15, 0.2) is 34.5 Å². The number of hydrogen-bond donors (Lipinski definition) is 0. The summed E-state index contributed by atoms with van der Waals surface area (Å²) in [5, 5.41) is 6.95. The molecule has 1 aromatic carbocycles. The van der Waals surface area contributed by atoms with Crippen molar-refractivity contribution in [3.05, 3.63) is 29.8 Å². The van der Waals surface area contributed by atoms with Gasteiger partial charge < -0.3 is 9.64 Å². The third-order valence-corrected chi connectivity index (χ3v) is 4.29. The van der Waals surface area contributed by atoms with Crippen LogP contribution < -0.4 is 4.90 Å². The highest BCUT2D eigenvalue weighted by Gasteiger charge is 2.69. The lowest BCUT2D eigenvalue weighted by Gasteiger charge is -2.28. The molecular formula is C15H14F3N3O3. The fraction of sp³-hybridized carbons (Fsp3) is 0.467. The molecule has 0 saturated heterocycles. The van der Waals surface area contributed by atoms with E-state index in [0.29, 0.717) is 5.69 Å². The lowest BCUT2D eigenvalue weighted by Crippen LogP contribution is -2.51. The summed E-state index contributed by atoms with van der Waals surface area (Å²) in [6.07, 6.45) is -4.82. The smallest absolute Gasteiger partial charge is 0.413 e. The fourth-order valence-electron chi connectivity index (χ4n) is 3.26. The van der Waals surface area contributed by atoms with Crippen LogP contribution in [-0.2, 0) is 19.9 Å². The number of hydrogen-bond acceptors (Lipinski definition) is 5. The van der Waals surface area contributed by atoms with Crippen molar-refractivity contribution < 1.29 is 27.5 Å². The molecule has 9 heteroatoms. The van der Waals surface area contributed by atoms with E-state index in [1.807, 2.05) is 0 Å². The molecule has 0 aromatic heterocycles. The number of para-hydroxylation sites is 1. The highest BCUT2D eigenvalue weighted by atomic mass is 19.4. The first kappa shape index (κ1) is 16.4. The molecule has 0 radical (unpaired) electrons. The topological polar surface area (TPSA) is 71.3 Å². The number of azo groups is 1. The Labute approximate surface area is 135 Å². The van der Waals surface area contributed by atoms with Gasteiger partial charge in [0.05, 0.1) is 6.61 Å². The Morgan fingerprint density at radius 3 is 2.67 bits per heavy atom. The van der Waals surface area contributed by atoms with Crippen LogP contribution >= 0.6 is 0 Å². The van der Waals surface area contributed by atoms with E-state index in [1.165, 1.54) is 24.9 Å². The molecule has 3 rings (SSSR count). The minimum absolute atomic E-state index is 0.109. The standard InChI is InChI=1S/C15H14F3N3O3/c1-3-24-12(22)10-11(15(16,17)18)19-20-14(10)8-6-4-5-7-9(8)21(2)13(14)23/h4-7,10-11H,3H2,1-2H3/t10-,11-,14+/m1/s1. The summed E-state index contributed by atoms with van der Waals surface area (Å²) in [6.45, 7) is 1.37. The number of likely N-dealkylation sites (N-methyl/N-ethyl adjacent to an activating group) is 1. The minimum atomic E-state index is -4.82. The van der Waals surface area contributed by atoms with Gasteiger partial charge in [0, 0.05) is 18.3 Å². The van der Waals surface area contributed by atoms with Crippen LogP contribution in [0.5, 0.6) is 0 Å². The van der Waals surface area contributed by atoms with E-state index >= 15 is 0 Å². The number of anilines is 1. The van der Waals surface area contributed by atoms with Crippen molar-refractivity contribution in [1.29, 1.82) is 0 Å². The molecule has 0 bridgehead atoms. The molecule has 24 heavy (non-hydrogen) atoms. The van der Waals surface area contributed by atoms with Gasteiger partial charge in [0.15, 0.2) is 6.04 Å². The Balaban J connectivity index is 2.20. The van der Waals surface area contributed by atoms with Gasteiger partial charge in [-0.3, -0.25) is 9.59 Å². The van der Waals surface area contributed by atoms with Crippen molar-refractivity contribution >= 4 is 17.6 Å². The maximum absolute atomic E-state index is 13.4. The summed E-state index contributed by atoms with van der Waals surface area (Å²) in [5.74, 6) is -3.74. The SMILES string of the molecule is CCOC(=O)[C@H]1[C@H](C(F)(F)F)N=N[C@]12C(=O)N(C)c1ccccc12. The summed E-state index contributed by atoms with van der Waals surface area (Å²) in [4.78, 5) is 26.3. The average molecular weight is 341 g/mol. The average Bonchev–Trinajstić information content (AvgIpc) is 3.03. The fourth-order valence-corrected chi connectivity index (χ4v) is 3.26. The van der Waals surface area contributed by atoms with Crippen molar-refractivity contribution in [2.75, 3.05) is 18.6 Å². The van der Waals surface area contributed by atoms with Crippen LogP contribution in [-0.4, -0.2) is 37.7 Å². The number of benzene rings is 1. The number of alkyl halides is 3. The molecule has 2 heterocycles. The van der Waals surface area contributed by atoms with Gasteiger partial charge >= 0.3 is 12.1 Å². The first-order valence-corrected chi connectivity index (χ1v) is 7.28. The Bertz CT molecular complexity index is 734. The van der Waals surface area contributed by atoms with Gasteiger partial charge in [0.1, 0.15) is 5.92 Å². The van der Waals surface area contributed by atoms with Gasteiger partial charge in [-0.2, -0.15) is 23.4 Å². The normalized spacial score (nSPS) is 28.5. The van der Waals surface area contributed by atoms with Crippen LogP contribution in [0.2, 0.25) is 0 Å². The van der Waals surface area contributed by atoms with Crippen LogP contribution in [0, 0.1) is 5.92 Å². The highest BCUT2D eigenvalue weighted by Crippen LogP contribution is 2.54. The molecule has 2 aliphatic heterocycles. The van der Waals surface area contributed by atoms with Gasteiger partial charge in [-0.15, -0.1) is 0 Å². The Kier molecular flexibility index (Phi) is 3.61. The number of rotatable bonds is 2. The van der Waals surface area contributed by atoms with Gasteiger partial charge in [0.25, 0.3) is 5.91 Å². The quantitative estimate of drug-likeness (QED) is 0.776. The second-order valence-electron chi connectivity index (χ2n) is 5.58. The second-order valence-corrected chi connectivity index (χ2v) is 5.58. The number of carbonyl (C=O) groups excluding carboxylic acids is 2. The van der Waals surface area contributed by atoms with Crippen LogP contribution in [0.1, 0.15) is 12.5 Å². The lowest BCUT2D eigenvalue weighted by atomic mass is 9.76. The van der Waals surface area contributed by atoms with E-state index in [2.05, 4.69) is 10.2 Å². The predicted molar refractivity (Wildman–Crippen MR) is 76.4 cm³/mol.